The van der Waals surface area contributed by atoms with Gasteiger partial charge in [-0.2, -0.15) is 0 Å². The molecule has 0 aromatic heterocycles. The van der Waals surface area contributed by atoms with E-state index >= 15 is 0 Å². The molecule has 9 heteroatoms. The highest BCUT2D eigenvalue weighted by molar-refractivity contribution is 7.88. The molecule has 1 aliphatic heterocycles. The van der Waals surface area contributed by atoms with Gasteiger partial charge in [-0.3, -0.25) is 4.79 Å². The van der Waals surface area contributed by atoms with E-state index in [4.69, 9.17) is 21.1 Å². The smallest absolute Gasteiger partial charge is 0.244 e. The number of benzene rings is 1. The molecule has 1 N–H and O–H groups in total. The zero-order chi connectivity index (χ0) is 21.4. The molecule has 1 aromatic carbocycles. The fourth-order valence-electron chi connectivity index (χ4n) is 3.10. The molecule has 162 valence electrons. The normalized spacial score (nSPS) is 16.1. The first-order valence-electron chi connectivity index (χ1n) is 9.66. The van der Waals surface area contributed by atoms with Crippen molar-refractivity contribution in [1.82, 2.24) is 9.62 Å². The molecule has 1 aromatic rings. The van der Waals surface area contributed by atoms with E-state index in [2.05, 4.69) is 5.32 Å². The van der Waals surface area contributed by atoms with Crippen LogP contribution in [0.4, 0.5) is 0 Å². The SMILES string of the molecule is CCCOc1c(Cl)cc(/C=C/C(=O)NCC2CCN(S(C)(=O)=O)CC2)cc1OC. The van der Waals surface area contributed by atoms with Crippen molar-refractivity contribution in [3.8, 4) is 11.5 Å². The number of ether oxygens (including phenoxy) is 2. The molecule has 1 heterocycles. The lowest BCUT2D eigenvalue weighted by molar-refractivity contribution is -0.116. The molecule has 0 atom stereocenters. The van der Waals surface area contributed by atoms with Gasteiger partial charge in [-0.1, -0.05) is 18.5 Å². The van der Waals surface area contributed by atoms with E-state index in [0.717, 1.165) is 24.8 Å². The number of methoxy groups -OCH3 is 1. The van der Waals surface area contributed by atoms with Crippen LogP contribution in [0.15, 0.2) is 18.2 Å². The van der Waals surface area contributed by atoms with Crippen LogP contribution < -0.4 is 14.8 Å². The summed E-state index contributed by atoms with van der Waals surface area (Å²) in [6.45, 7) is 4.07. The van der Waals surface area contributed by atoms with Gasteiger partial charge in [0, 0.05) is 25.7 Å². The first kappa shape index (κ1) is 23.5. The fourth-order valence-corrected chi connectivity index (χ4v) is 4.25. The highest BCUT2D eigenvalue weighted by atomic mass is 35.5. The lowest BCUT2D eigenvalue weighted by Gasteiger charge is -2.30. The maximum atomic E-state index is 12.1. The summed E-state index contributed by atoms with van der Waals surface area (Å²) in [6.07, 6.45) is 6.67. The van der Waals surface area contributed by atoms with E-state index in [0.29, 0.717) is 42.8 Å². The molecular formula is C20H29ClN2O5S. The largest absolute Gasteiger partial charge is 0.493 e. The van der Waals surface area contributed by atoms with Gasteiger partial charge in [-0.25, -0.2) is 12.7 Å². The maximum absolute atomic E-state index is 12.1. The average molecular weight is 445 g/mol. The van der Waals surface area contributed by atoms with Crippen molar-refractivity contribution in [2.75, 3.05) is 39.6 Å². The predicted molar refractivity (Wildman–Crippen MR) is 115 cm³/mol. The summed E-state index contributed by atoms with van der Waals surface area (Å²) < 4.78 is 35.5. The Hall–Kier alpha value is -1.77. The number of carbonyl (C=O) groups is 1. The topological polar surface area (TPSA) is 84.9 Å². The Morgan fingerprint density at radius 1 is 1.34 bits per heavy atom. The second-order valence-corrected chi connectivity index (χ2v) is 9.46. The predicted octanol–water partition coefficient (Wildman–Crippen LogP) is 2.94. The summed E-state index contributed by atoms with van der Waals surface area (Å²) in [6, 6.07) is 3.49. The van der Waals surface area contributed by atoms with Crippen LogP contribution in [0.3, 0.4) is 0 Å². The molecule has 1 aliphatic rings. The Bertz CT molecular complexity index is 834. The van der Waals surface area contributed by atoms with Gasteiger partial charge in [0.05, 0.1) is 25.0 Å². The van der Waals surface area contributed by atoms with Gasteiger partial charge >= 0.3 is 0 Å². The number of rotatable bonds is 9. The van der Waals surface area contributed by atoms with Crippen LogP contribution in [0.1, 0.15) is 31.7 Å². The number of carbonyl (C=O) groups excluding carboxylic acids is 1. The molecule has 0 spiro atoms. The van der Waals surface area contributed by atoms with Crippen LogP contribution >= 0.6 is 11.6 Å². The van der Waals surface area contributed by atoms with Gasteiger partial charge in [0.15, 0.2) is 11.5 Å². The summed E-state index contributed by atoms with van der Waals surface area (Å²) >= 11 is 6.28. The Balaban J connectivity index is 1.88. The average Bonchev–Trinajstić information content (AvgIpc) is 2.69. The molecular weight excluding hydrogens is 416 g/mol. The third-order valence-electron chi connectivity index (χ3n) is 4.74. The number of piperidine rings is 1. The van der Waals surface area contributed by atoms with Crippen molar-refractivity contribution in [3.05, 3.63) is 28.8 Å². The number of nitrogens with one attached hydrogen (secondary N) is 1. The minimum absolute atomic E-state index is 0.211. The van der Waals surface area contributed by atoms with Crippen molar-refractivity contribution in [3.63, 3.8) is 0 Å². The molecule has 0 saturated carbocycles. The summed E-state index contributed by atoms with van der Waals surface area (Å²) in [4.78, 5) is 12.1. The zero-order valence-electron chi connectivity index (χ0n) is 17.1. The molecule has 29 heavy (non-hydrogen) atoms. The minimum Gasteiger partial charge on any atom is -0.493 e. The van der Waals surface area contributed by atoms with Gasteiger partial charge in [-0.05, 0) is 49.0 Å². The van der Waals surface area contributed by atoms with Crippen molar-refractivity contribution in [2.45, 2.75) is 26.2 Å². The summed E-state index contributed by atoms with van der Waals surface area (Å²) in [5, 5.41) is 3.30. The Labute approximate surface area is 178 Å². The van der Waals surface area contributed by atoms with Crippen molar-refractivity contribution in [2.24, 2.45) is 5.92 Å². The second kappa shape index (κ2) is 10.8. The quantitative estimate of drug-likeness (QED) is 0.592. The number of nitrogens with zero attached hydrogens (tertiary/aromatic N) is 1. The van der Waals surface area contributed by atoms with E-state index in [1.807, 2.05) is 6.92 Å². The lowest BCUT2D eigenvalue weighted by Crippen LogP contribution is -2.40. The number of halogens is 1. The molecule has 2 rings (SSSR count). The third kappa shape index (κ3) is 7.21. The van der Waals surface area contributed by atoms with E-state index in [1.54, 1.807) is 25.3 Å². The van der Waals surface area contributed by atoms with Crippen LogP contribution in [-0.4, -0.2) is 58.2 Å². The number of hydrogen-bond donors (Lipinski definition) is 1. The molecule has 0 aliphatic carbocycles. The highest BCUT2D eigenvalue weighted by Crippen LogP contribution is 2.36. The molecule has 0 unspecified atom stereocenters. The van der Waals surface area contributed by atoms with Crippen LogP contribution in [0, 0.1) is 5.92 Å². The monoisotopic (exact) mass is 444 g/mol. The molecule has 7 nitrogen and oxygen atoms in total. The maximum Gasteiger partial charge on any atom is 0.244 e. The van der Waals surface area contributed by atoms with Crippen molar-refractivity contribution >= 4 is 33.6 Å². The van der Waals surface area contributed by atoms with Gasteiger partial charge in [0.2, 0.25) is 15.9 Å². The molecule has 1 fully saturated rings. The van der Waals surface area contributed by atoms with Crippen LogP contribution in [0.5, 0.6) is 11.5 Å². The number of hydrogen-bond acceptors (Lipinski definition) is 5. The van der Waals surface area contributed by atoms with Gasteiger partial charge in [0.1, 0.15) is 0 Å². The van der Waals surface area contributed by atoms with E-state index in [1.165, 1.54) is 16.6 Å². The molecule has 1 saturated heterocycles. The van der Waals surface area contributed by atoms with E-state index in [-0.39, 0.29) is 11.8 Å². The van der Waals surface area contributed by atoms with Crippen LogP contribution in [-0.2, 0) is 14.8 Å². The van der Waals surface area contributed by atoms with Gasteiger partial charge in [0.25, 0.3) is 0 Å². The summed E-state index contributed by atoms with van der Waals surface area (Å²) in [7, 11) is -1.59. The Morgan fingerprint density at radius 2 is 2.03 bits per heavy atom. The summed E-state index contributed by atoms with van der Waals surface area (Å²) in [5.41, 5.74) is 0.729. The van der Waals surface area contributed by atoms with Gasteiger partial charge < -0.3 is 14.8 Å². The van der Waals surface area contributed by atoms with E-state index in [9.17, 15) is 13.2 Å². The minimum atomic E-state index is -3.13. The summed E-state index contributed by atoms with van der Waals surface area (Å²) in [5.74, 6) is 1.08. The lowest BCUT2D eigenvalue weighted by atomic mass is 9.98. The van der Waals surface area contributed by atoms with Gasteiger partial charge in [-0.15, -0.1) is 0 Å². The first-order valence-corrected chi connectivity index (χ1v) is 11.9. The first-order chi connectivity index (χ1) is 13.7. The third-order valence-corrected chi connectivity index (χ3v) is 6.32. The highest BCUT2D eigenvalue weighted by Gasteiger charge is 2.24. The number of sulfonamides is 1. The molecule has 0 bridgehead atoms. The molecule has 1 amide bonds. The fraction of sp³-hybridized carbons (Fsp3) is 0.550. The van der Waals surface area contributed by atoms with Crippen LogP contribution in [0.25, 0.3) is 6.08 Å². The van der Waals surface area contributed by atoms with Crippen LogP contribution in [0.2, 0.25) is 5.02 Å². The van der Waals surface area contributed by atoms with E-state index < -0.39 is 10.0 Å². The number of amides is 1. The van der Waals surface area contributed by atoms with Crippen molar-refractivity contribution in [1.29, 1.82) is 0 Å². The Morgan fingerprint density at radius 3 is 2.62 bits per heavy atom. The van der Waals surface area contributed by atoms with Crippen molar-refractivity contribution < 1.29 is 22.7 Å². The second-order valence-electron chi connectivity index (χ2n) is 7.07. The Kier molecular flexibility index (Phi) is 8.79. The zero-order valence-corrected chi connectivity index (χ0v) is 18.7. The standard InChI is InChI=1S/C20H29ClN2O5S/c1-4-11-28-20-17(21)12-16(13-18(20)27-2)5-6-19(24)22-14-15-7-9-23(10-8-15)29(3,25)26/h5-6,12-13,15H,4,7-11,14H2,1-3H3,(H,22,24)/b6-5+. The molecule has 0 radical (unpaired) electrons.